The normalized spacial score (nSPS) is 19.7. The van der Waals surface area contributed by atoms with E-state index in [2.05, 4.69) is 53.6 Å². The first kappa shape index (κ1) is 16.9. The number of nitrogens with one attached hydrogen (secondary N) is 1. The third kappa shape index (κ3) is 4.26. The van der Waals surface area contributed by atoms with E-state index in [1.807, 2.05) is 0 Å². The first-order chi connectivity index (χ1) is 10.2. The van der Waals surface area contributed by atoms with Crippen molar-refractivity contribution in [1.29, 1.82) is 0 Å². The molecule has 0 aliphatic carbocycles. The number of halogens is 1. The average molecular weight is 404 g/mol. The Hall–Kier alpha value is -0.470. The van der Waals surface area contributed by atoms with Crippen LogP contribution in [0.2, 0.25) is 0 Å². The Morgan fingerprint density at radius 2 is 2.14 bits per heavy atom. The average Bonchev–Trinajstić information content (AvgIpc) is 2.54. The lowest BCUT2D eigenvalue weighted by Crippen LogP contribution is -2.38. The Kier molecular flexibility index (Phi) is 6.63. The maximum atomic E-state index is 5.90. The fourth-order valence-electron chi connectivity index (χ4n) is 2.40. The second-order valence-electron chi connectivity index (χ2n) is 5.22. The maximum Gasteiger partial charge on any atom is 0.161 e. The second kappa shape index (κ2) is 8.24. The van der Waals surface area contributed by atoms with Gasteiger partial charge in [0.1, 0.15) is 11.9 Å². The summed E-state index contributed by atoms with van der Waals surface area (Å²) >= 11 is 2.34. The quantitative estimate of drug-likeness (QED) is 0.740. The smallest absolute Gasteiger partial charge is 0.161 e. The molecule has 1 aliphatic heterocycles. The third-order valence-electron chi connectivity index (χ3n) is 3.70. The highest BCUT2D eigenvalue weighted by Crippen LogP contribution is 2.25. The lowest BCUT2D eigenvalue weighted by molar-refractivity contribution is -0.0326. The van der Waals surface area contributed by atoms with Gasteiger partial charge in [0.05, 0.1) is 15.9 Å². The molecular weight excluding hydrogens is 379 g/mol. The van der Waals surface area contributed by atoms with Gasteiger partial charge >= 0.3 is 0 Å². The predicted octanol–water partition coefficient (Wildman–Crippen LogP) is 2.86. The molecule has 1 fully saturated rings. The van der Waals surface area contributed by atoms with Crippen molar-refractivity contribution >= 4 is 28.4 Å². The molecule has 118 valence electrons. The van der Waals surface area contributed by atoms with Crippen molar-refractivity contribution in [2.45, 2.75) is 39.7 Å². The number of nitrogens with zero attached hydrogens (tertiary/aromatic N) is 3. The number of ether oxygens (including phenoxy) is 1. The number of morpholine rings is 1. The Labute approximate surface area is 141 Å². The standard InChI is InChI=1S/C15H25IN4O/c1-4-7-17-15-13(16)11(5-2)18-14(19-15)12-10-20(6-3)8-9-21-12/h12H,4-10H2,1-3H3,(H,17,18,19). The van der Waals surface area contributed by atoms with E-state index in [-0.39, 0.29) is 6.10 Å². The number of hydrogen-bond donors (Lipinski definition) is 1. The van der Waals surface area contributed by atoms with Crippen molar-refractivity contribution in [3.63, 3.8) is 0 Å². The molecule has 0 bridgehead atoms. The third-order valence-corrected chi connectivity index (χ3v) is 4.83. The zero-order valence-corrected chi connectivity index (χ0v) is 15.3. The molecule has 1 aliphatic rings. The molecule has 0 spiro atoms. The fourth-order valence-corrected chi connectivity index (χ4v) is 3.21. The monoisotopic (exact) mass is 404 g/mol. The van der Waals surface area contributed by atoms with Crippen LogP contribution in [0.4, 0.5) is 5.82 Å². The molecule has 0 amide bonds. The maximum absolute atomic E-state index is 5.90. The summed E-state index contributed by atoms with van der Waals surface area (Å²) in [4.78, 5) is 11.9. The molecule has 1 unspecified atom stereocenters. The Bertz CT molecular complexity index is 469. The molecule has 21 heavy (non-hydrogen) atoms. The van der Waals surface area contributed by atoms with Crippen LogP contribution in [-0.4, -0.2) is 47.7 Å². The molecule has 0 radical (unpaired) electrons. The van der Waals surface area contributed by atoms with Crippen LogP contribution in [-0.2, 0) is 11.2 Å². The summed E-state index contributed by atoms with van der Waals surface area (Å²) in [5.74, 6) is 1.78. The van der Waals surface area contributed by atoms with E-state index in [0.29, 0.717) is 0 Å². The number of likely N-dealkylation sites (N-methyl/N-ethyl adjacent to an activating group) is 1. The first-order valence-electron chi connectivity index (χ1n) is 7.83. The lowest BCUT2D eigenvalue weighted by atomic mass is 10.2. The van der Waals surface area contributed by atoms with E-state index in [9.17, 15) is 0 Å². The highest BCUT2D eigenvalue weighted by atomic mass is 127. The molecule has 0 aromatic carbocycles. The summed E-state index contributed by atoms with van der Waals surface area (Å²) in [5.41, 5.74) is 1.11. The summed E-state index contributed by atoms with van der Waals surface area (Å²) < 4.78 is 7.03. The minimum Gasteiger partial charge on any atom is -0.369 e. The minimum atomic E-state index is -0.0109. The lowest BCUT2D eigenvalue weighted by Gasteiger charge is -2.31. The van der Waals surface area contributed by atoms with Crippen LogP contribution in [0, 0.1) is 3.57 Å². The van der Waals surface area contributed by atoms with Gasteiger partial charge in [-0.15, -0.1) is 0 Å². The van der Waals surface area contributed by atoms with Gasteiger partial charge in [0, 0.05) is 19.6 Å². The first-order valence-corrected chi connectivity index (χ1v) is 8.91. The van der Waals surface area contributed by atoms with Crippen molar-refractivity contribution in [3.8, 4) is 0 Å². The molecule has 1 aromatic rings. The molecule has 6 heteroatoms. The molecular formula is C15H25IN4O. The zero-order chi connectivity index (χ0) is 15.2. The molecule has 0 saturated carbocycles. The van der Waals surface area contributed by atoms with Gasteiger partial charge in [-0.05, 0) is 42.0 Å². The van der Waals surface area contributed by atoms with Gasteiger partial charge in [-0.1, -0.05) is 20.8 Å². The Morgan fingerprint density at radius 1 is 1.33 bits per heavy atom. The highest BCUT2D eigenvalue weighted by Gasteiger charge is 2.25. The number of anilines is 1. The number of aryl methyl sites for hydroxylation is 1. The van der Waals surface area contributed by atoms with Crippen LogP contribution >= 0.6 is 22.6 Å². The molecule has 1 N–H and O–H groups in total. The number of rotatable bonds is 6. The topological polar surface area (TPSA) is 50.3 Å². The van der Waals surface area contributed by atoms with E-state index in [4.69, 9.17) is 14.7 Å². The van der Waals surface area contributed by atoms with Gasteiger partial charge in [0.25, 0.3) is 0 Å². The fraction of sp³-hybridized carbons (Fsp3) is 0.733. The van der Waals surface area contributed by atoms with Gasteiger partial charge in [0.15, 0.2) is 5.82 Å². The summed E-state index contributed by atoms with van der Waals surface area (Å²) in [6.45, 7) is 11.1. The van der Waals surface area contributed by atoms with E-state index in [0.717, 1.165) is 66.5 Å². The van der Waals surface area contributed by atoms with E-state index >= 15 is 0 Å². The molecule has 5 nitrogen and oxygen atoms in total. The van der Waals surface area contributed by atoms with Crippen LogP contribution in [0.15, 0.2) is 0 Å². The van der Waals surface area contributed by atoms with Crippen molar-refractivity contribution in [2.24, 2.45) is 0 Å². The van der Waals surface area contributed by atoms with E-state index in [1.165, 1.54) is 0 Å². The van der Waals surface area contributed by atoms with Crippen LogP contribution in [0.5, 0.6) is 0 Å². The second-order valence-corrected chi connectivity index (χ2v) is 6.30. The number of hydrogen-bond acceptors (Lipinski definition) is 5. The Morgan fingerprint density at radius 3 is 2.81 bits per heavy atom. The van der Waals surface area contributed by atoms with Gasteiger partial charge in [-0.25, -0.2) is 9.97 Å². The minimum absolute atomic E-state index is 0.0109. The van der Waals surface area contributed by atoms with Crippen LogP contribution in [0.1, 0.15) is 44.8 Å². The Balaban J connectivity index is 2.25. The molecule has 1 saturated heterocycles. The summed E-state index contributed by atoms with van der Waals surface area (Å²) in [6.07, 6.45) is 1.99. The van der Waals surface area contributed by atoms with Crippen molar-refractivity contribution in [1.82, 2.24) is 14.9 Å². The van der Waals surface area contributed by atoms with Gasteiger partial charge in [-0.2, -0.15) is 0 Å². The van der Waals surface area contributed by atoms with Crippen LogP contribution in [0.25, 0.3) is 0 Å². The van der Waals surface area contributed by atoms with Crippen molar-refractivity contribution in [3.05, 3.63) is 15.1 Å². The van der Waals surface area contributed by atoms with Gasteiger partial charge < -0.3 is 10.1 Å². The van der Waals surface area contributed by atoms with Crippen molar-refractivity contribution in [2.75, 3.05) is 38.1 Å². The van der Waals surface area contributed by atoms with Crippen LogP contribution in [0.3, 0.4) is 0 Å². The largest absolute Gasteiger partial charge is 0.369 e. The molecule has 1 atom stereocenters. The summed E-state index contributed by atoms with van der Waals surface area (Å²) in [6, 6.07) is 0. The summed E-state index contributed by atoms with van der Waals surface area (Å²) in [5, 5.41) is 3.41. The van der Waals surface area contributed by atoms with Gasteiger partial charge in [0.2, 0.25) is 0 Å². The zero-order valence-electron chi connectivity index (χ0n) is 13.2. The number of aromatic nitrogens is 2. The van der Waals surface area contributed by atoms with E-state index < -0.39 is 0 Å². The molecule has 2 rings (SSSR count). The summed E-state index contributed by atoms with van der Waals surface area (Å²) in [7, 11) is 0. The molecule has 1 aromatic heterocycles. The SMILES string of the molecule is CCCNc1nc(C2CN(CC)CCO2)nc(CC)c1I. The van der Waals surface area contributed by atoms with E-state index in [1.54, 1.807) is 0 Å². The van der Waals surface area contributed by atoms with Gasteiger partial charge in [-0.3, -0.25) is 4.90 Å². The van der Waals surface area contributed by atoms with Crippen LogP contribution < -0.4 is 5.32 Å². The predicted molar refractivity (Wildman–Crippen MR) is 93.7 cm³/mol. The van der Waals surface area contributed by atoms with Crippen molar-refractivity contribution < 1.29 is 4.74 Å². The highest BCUT2D eigenvalue weighted by molar-refractivity contribution is 14.1. The molecule has 2 heterocycles.